The van der Waals surface area contributed by atoms with Gasteiger partial charge in [0.15, 0.2) is 13.0 Å². The first-order valence-corrected chi connectivity index (χ1v) is 14.0. The molecule has 202 valence electrons. The Bertz CT molecular complexity index is 1090. The van der Waals surface area contributed by atoms with Crippen molar-refractivity contribution in [3.63, 3.8) is 0 Å². The van der Waals surface area contributed by atoms with E-state index in [4.69, 9.17) is 14.3 Å². The summed E-state index contributed by atoms with van der Waals surface area (Å²) in [5.41, 5.74) is 0.540. The zero-order valence-corrected chi connectivity index (χ0v) is 21.5. The van der Waals surface area contributed by atoms with Gasteiger partial charge in [-0.1, -0.05) is 23.4 Å². The number of esters is 1. The fraction of sp³-hybridized carbons (Fsp3) is 0.480. The molecule has 1 saturated heterocycles. The van der Waals surface area contributed by atoms with Gasteiger partial charge < -0.3 is 34.1 Å². The molecule has 2 heterocycles. The number of hydrogen-bond acceptors (Lipinski definition) is 8. The summed E-state index contributed by atoms with van der Waals surface area (Å²) in [6.07, 6.45) is 11.5. The van der Waals surface area contributed by atoms with Crippen LogP contribution in [0.2, 0.25) is 0 Å². The number of allylic oxidation sites excluding steroid dienone is 3. The summed E-state index contributed by atoms with van der Waals surface area (Å²) in [5.74, 6) is -1.43. The monoisotopic (exact) mass is 536 g/mol. The van der Waals surface area contributed by atoms with Gasteiger partial charge in [0, 0.05) is 25.6 Å². The summed E-state index contributed by atoms with van der Waals surface area (Å²) < 4.78 is 21.9. The number of aromatic hydroxyl groups is 1. The molecule has 0 atom stereocenters. The van der Waals surface area contributed by atoms with Gasteiger partial charge in [0.2, 0.25) is 0 Å². The van der Waals surface area contributed by atoms with Crippen LogP contribution in [0.4, 0.5) is 0 Å². The van der Waals surface area contributed by atoms with E-state index in [1.54, 1.807) is 11.0 Å². The Balaban J connectivity index is 1.89. The molecule has 37 heavy (non-hydrogen) atoms. The van der Waals surface area contributed by atoms with Crippen LogP contribution in [0, 0.1) is 0 Å². The molecule has 12 heteroatoms. The molecular weight excluding hydrogens is 503 g/mol. The summed E-state index contributed by atoms with van der Waals surface area (Å²) in [7, 11) is -4.56. The Morgan fingerprint density at radius 2 is 1.81 bits per heavy atom. The van der Waals surface area contributed by atoms with Crippen LogP contribution >= 0.6 is 7.60 Å². The van der Waals surface area contributed by atoms with Gasteiger partial charge in [-0.3, -0.25) is 9.36 Å². The first-order chi connectivity index (χ1) is 17.7. The fourth-order valence-corrected chi connectivity index (χ4v) is 4.26. The van der Waals surface area contributed by atoms with Crippen LogP contribution in [0.3, 0.4) is 0 Å². The highest BCUT2D eigenvalue weighted by Crippen LogP contribution is 2.37. The third kappa shape index (κ3) is 9.68. The number of benzene rings is 1. The number of carbonyl (C=O) groups is 2. The lowest BCUT2D eigenvalue weighted by atomic mass is 9.99. The minimum atomic E-state index is -4.56. The maximum atomic E-state index is 13.0. The molecule has 1 amide bonds. The van der Waals surface area contributed by atoms with Crippen molar-refractivity contribution >= 4 is 25.2 Å². The molecule has 0 aliphatic carbocycles. The second-order valence-corrected chi connectivity index (χ2v) is 10.4. The number of nitrogens with zero attached hydrogens (tertiary/aromatic N) is 2. The molecule has 3 N–H and O–H groups in total. The summed E-state index contributed by atoms with van der Waals surface area (Å²) >= 11 is 0. The lowest BCUT2D eigenvalue weighted by molar-refractivity contribution is -0.137. The number of cyclic esters (lactones) is 1. The number of fused-ring (bicyclic) bond motifs is 1. The third-order valence-corrected chi connectivity index (χ3v) is 6.17. The van der Waals surface area contributed by atoms with Crippen molar-refractivity contribution in [3.8, 4) is 11.5 Å². The molecule has 11 nitrogen and oxygen atoms in total. The number of phenols is 1. The first-order valence-electron chi connectivity index (χ1n) is 12.2. The number of hydrogen-bond donors (Lipinski definition) is 3. The van der Waals surface area contributed by atoms with E-state index in [9.17, 15) is 29.0 Å². The highest BCUT2D eigenvalue weighted by Gasteiger charge is 2.24. The van der Waals surface area contributed by atoms with Crippen molar-refractivity contribution in [2.24, 2.45) is 5.16 Å². The van der Waals surface area contributed by atoms with Gasteiger partial charge in [0.1, 0.15) is 17.1 Å². The quantitative estimate of drug-likeness (QED) is 0.215. The Morgan fingerprint density at radius 1 is 1.08 bits per heavy atom. The van der Waals surface area contributed by atoms with Gasteiger partial charge in [0.05, 0.1) is 12.3 Å². The normalized spacial score (nSPS) is 20.3. The highest BCUT2D eigenvalue weighted by atomic mass is 31.2. The second-order valence-electron chi connectivity index (χ2n) is 8.77. The molecule has 0 bridgehead atoms. The number of phenolic OH excluding ortho intramolecular Hbond substituents is 1. The maximum absolute atomic E-state index is 13.0. The number of ether oxygens (including phenoxy) is 2. The smallest absolute Gasteiger partial charge is 0.362 e. The van der Waals surface area contributed by atoms with Crippen molar-refractivity contribution in [3.05, 3.63) is 47.6 Å². The van der Waals surface area contributed by atoms with Crippen LogP contribution in [0.5, 0.6) is 11.5 Å². The predicted octanol–water partition coefficient (Wildman–Crippen LogP) is 3.29. The Labute approximate surface area is 215 Å². The van der Waals surface area contributed by atoms with E-state index in [1.165, 1.54) is 6.07 Å². The average molecular weight is 537 g/mol. The van der Waals surface area contributed by atoms with E-state index in [0.717, 1.165) is 31.7 Å². The number of rotatable bonds is 6. The summed E-state index contributed by atoms with van der Waals surface area (Å²) in [4.78, 5) is 51.0. The zero-order valence-electron chi connectivity index (χ0n) is 20.6. The van der Waals surface area contributed by atoms with Crippen LogP contribution in [-0.2, 0) is 25.4 Å². The topological polar surface area (TPSA) is 155 Å². The second kappa shape index (κ2) is 14.0. The number of amides is 1. The van der Waals surface area contributed by atoms with Crippen LogP contribution < -0.4 is 4.74 Å². The van der Waals surface area contributed by atoms with E-state index in [0.29, 0.717) is 31.6 Å². The van der Waals surface area contributed by atoms with Gasteiger partial charge in [-0.2, -0.15) is 0 Å². The van der Waals surface area contributed by atoms with Gasteiger partial charge in [-0.05, 0) is 56.2 Å². The third-order valence-electron chi connectivity index (χ3n) is 5.71. The SMILES string of the molecule is O=C1OCC/C=C/CC/C=C/C(=N\OCC(=O)N2CCCCC2)Cc2cc(O)cc(OCP(=O)(O)O)c21. The van der Waals surface area contributed by atoms with Gasteiger partial charge in [0.25, 0.3) is 5.91 Å². The van der Waals surface area contributed by atoms with Crippen molar-refractivity contribution in [1.29, 1.82) is 0 Å². The summed E-state index contributed by atoms with van der Waals surface area (Å²) in [5, 5.41) is 14.4. The predicted molar refractivity (Wildman–Crippen MR) is 136 cm³/mol. The fourth-order valence-electron chi connectivity index (χ4n) is 3.96. The number of carbonyl (C=O) groups excluding carboxylic acids is 2. The first kappa shape index (κ1) is 28.4. The van der Waals surface area contributed by atoms with E-state index in [-0.39, 0.29) is 48.2 Å². The van der Waals surface area contributed by atoms with Crippen LogP contribution in [0.25, 0.3) is 0 Å². The molecule has 0 saturated carbocycles. The van der Waals surface area contributed by atoms with E-state index >= 15 is 0 Å². The Kier molecular flexibility index (Phi) is 10.7. The maximum Gasteiger partial charge on any atom is 0.362 e. The van der Waals surface area contributed by atoms with Crippen molar-refractivity contribution < 1.29 is 43.4 Å². The average Bonchev–Trinajstić information content (AvgIpc) is 2.85. The minimum absolute atomic E-state index is 0.00461. The molecule has 1 aromatic carbocycles. The standard InChI is InChI=1S/C25H33N2O9P/c28-21-15-19-14-20(26-36-17-23(29)27-11-7-5-8-12-27)10-6-3-1-2-4-9-13-34-25(30)24(19)22(16-21)35-18-37(31,32)33/h2,4,6,10,15-16,28H,1,3,5,7-9,11-14,17-18H2,(H2,31,32,33)/b4-2+,10-6+,26-20+. The molecule has 0 radical (unpaired) electrons. The van der Waals surface area contributed by atoms with Gasteiger partial charge in [-0.15, -0.1) is 0 Å². The zero-order chi connectivity index (χ0) is 26.7. The molecule has 1 fully saturated rings. The van der Waals surface area contributed by atoms with Gasteiger partial charge >= 0.3 is 13.6 Å². The highest BCUT2D eigenvalue weighted by molar-refractivity contribution is 7.51. The summed E-state index contributed by atoms with van der Waals surface area (Å²) in [6, 6.07) is 2.42. The van der Waals surface area contributed by atoms with Crippen molar-refractivity contribution in [2.45, 2.75) is 44.9 Å². The van der Waals surface area contributed by atoms with Crippen LogP contribution in [-0.4, -0.2) is 70.0 Å². The molecule has 0 unspecified atom stereocenters. The summed E-state index contributed by atoms with van der Waals surface area (Å²) in [6.45, 7) is 1.24. The Hall–Kier alpha value is -3.14. The van der Waals surface area contributed by atoms with Crippen molar-refractivity contribution in [1.82, 2.24) is 4.90 Å². The van der Waals surface area contributed by atoms with Crippen LogP contribution in [0.1, 0.15) is 54.4 Å². The number of likely N-dealkylation sites (tertiary alicyclic amines) is 1. The molecule has 2 aliphatic rings. The van der Waals surface area contributed by atoms with Crippen molar-refractivity contribution in [2.75, 3.05) is 32.7 Å². The molecule has 0 spiro atoms. The molecular formula is C25H33N2O9P. The van der Waals surface area contributed by atoms with Crippen LogP contribution in [0.15, 0.2) is 41.6 Å². The minimum Gasteiger partial charge on any atom is -0.508 e. The van der Waals surface area contributed by atoms with Gasteiger partial charge in [-0.25, -0.2) is 4.79 Å². The largest absolute Gasteiger partial charge is 0.508 e. The molecule has 0 aromatic heterocycles. The number of oxime groups is 1. The molecule has 3 rings (SSSR count). The van der Waals surface area contributed by atoms with E-state index in [1.807, 2.05) is 18.2 Å². The van der Waals surface area contributed by atoms with E-state index < -0.39 is 19.9 Å². The number of piperidine rings is 1. The lowest BCUT2D eigenvalue weighted by Crippen LogP contribution is -2.37. The Morgan fingerprint density at radius 3 is 2.57 bits per heavy atom. The van der Waals surface area contributed by atoms with E-state index in [2.05, 4.69) is 5.16 Å². The molecule has 1 aromatic rings. The lowest BCUT2D eigenvalue weighted by Gasteiger charge is -2.26. The molecule has 2 aliphatic heterocycles.